The first kappa shape index (κ1) is 13.2. The highest BCUT2D eigenvalue weighted by atomic mass is 15.1. The minimum absolute atomic E-state index is 0.448. The van der Waals surface area contributed by atoms with Gasteiger partial charge in [-0.1, -0.05) is 38.1 Å². The molecule has 16 heavy (non-hydrogen) atoms. The molecule has 0 aromatic heterocycles. The molecule has 0 saturated heterocycles. The molecule has 1 rings (SSSR count). The van der Waals surface area contributed by atoms with Gasteiger partial charge in [-0.05, 0) is 32.1 Å². The van der Waals surface area contributed by atoms with Gasteiger partial charge < -0.3 is 10.2 Å². The van der Waals surface area contributed by atoms with E-state index in [0.717, 1.165) is 6.54 Å². The third-order valence-electron chi connectivity index (χ3n) is 2.89. The Morgan fingerprint density at radius 3 is 2.31 bits per heavy atom. The number of aryl methyl sites for hydroxylation is 1. The second kappa shape index (κ2) is 6.02. The fraction of sp³-hybridized carbons (Fsp3) is 0.571. The molecule has 0 bridgehead atoms. The van der Waals surface area contributed by atoms with Crippen LogP contribution in [0.2, 0.25) is 0 Å². The topological polar surface area (TPSA) is 15.3 Å². The number of nitrogens with zero attached hydrogens (tertiary/aromatic N) is 1. The zero-order valence-electron chi connectivity index (χ0n) is 11.1. The highest BCUT2D eigenvalue weighted by molar-refractivity contribution is 5.29. The van der Waals surface area contributed by atoms with Gasteiger partial charge in [0, 0.05) is 18.6 Å². The third-order valence-corrected chi connectivity index (χ3v) is 2.89. The van der Waals surface area contributed by atoms with Gasteiger partial charge in [-0.2, -0.15) is 0 Å². The van der Waals surface area contributed by atoms with E-state index in [4.69, 9.17) is 0 Å². The van der Waals surface area contributed by atoms with E-state index in [-0.39, 0.29) is 0 Å². The smallest absolute Gasteiger partial charge is 0.0469 e. The summed E-state index contributed by atoms with van der Waals surface area (Å²) in [6.45, 7) is 7.55. The Hall–Kier alpha value is -0.860. The van der Waals surface area contributed by atoms with Crippen molar-refractivity contribution in [2.24, 2.45) is 0 Å². The summed E-state index contributed by atoms with van der Waals surface area (Å²) in [6.07, 6.45) is 0. The Kier molecular flexibility index (Phi) is 4.97. The Morgan fingerprint density at radius 2 is 1.81 bits per heavy atom. The van der Waals surface area contributed by atoms with E-state index < -0.39 is 0 Å². The summed E-state index contributed by atoms with van der Waals surface area (Å²) in [7, 11) is 4.28. The van der Waals surface area contributed by atoms with Crippen LogP contribution in [-0.4, -0.2) is 31.6 Å². The molecule has 0 aliphatic heterocycles. The molecule has 0 amide bonds. The largest absolute Gasteiger partial charge is 0.313 e. The van der Waals surface area contributed by atoms with E-state index in [1.807, 2.05) is 0 Å². The number of hydrogen-bond donors (Lipinski definition) is 1. The molecule has 1 N–H and O–H groups in total. The van der Waals surface area contributed by atoms with Crippen LogP contribution in [0.15, 0.2) is 24.3 Å². The van der Waals surface area contributed by atoms with Crippen molar-refractivity contribution in [2.45, 2.75) is 32.9 Å². The Labute approximate surface area is 99.7 Å². The normalized spacial score (nSPS) is 13.4. The second-order valence-corrected chi connectivity index (χ2v) is 4.90. The van der Waals surface area contributed by atoms with Gasteiger partial charge in [0.1, 0.15) is 0 Å². The van der Waals surface area contributed by atoms with Crippen molar-refractivity contribution in [2.75, 3.05) is 20.6 Å². The van der Waals surface area contributed by atoms with Crippen LogP contribution >= 0.6 is 0 Å². The van der Waals surface area contributed by atoms with Crippen LogP contribution in [0, 0.1) is 6.92 Å². The number of nitrogens with one attached hydrogen (secondary N) is 1. The fourth-order valence-corrected chi connectivity index (χ4v) is 1.88. The predicted molar refractivity (Wildman–Crippen MR) is 70.7 cm³/mol. The highest BCUT2D eigenvalue weighted by Gasteiger charge is 2.15. The maximum atomic E-state index is 3.51. The van der Waals surface area contributed by atoms with E-state index in [9.17, 15) is 0 Å². The number of hydrogen-bond acceptors (Lipinski definition) is 2. The number of benzene rings is 1. The molecule has 0 fully saturated rings. The van der Waals surface area contributed by atoms with Crippen LogP contribution < -0.4 is 5.32 Å². The molecule has 0 aliphatic rings. The van der Waals surface area contributed by atoms with Crippen molar-refractivity contribution < 1.29 is 0 Å². The van der Waals surface area contributed by atoms with Crippen LogP contribution in [0.3, 0.4) is 0 Å². The summed E-state index contributed by atoms with van der Waals surface area (Å²) >= 11 is 0. The lowest BCUT2D eigenvalue weighted by Gasteiger charge is -2.27. The molecule has 1 unspecified atom stereocenters. The van der Waals surface area contributed by atoms with Gasteiger partial charge in [0.15, 0.2) is 0 Å². The molecule has 2 heteroatoms. The van der Waals surface area contributed by atoms with Gasteiger partial charge in [0.2, 0.25) is 0 Å². The maximum absolute atomic E-state index is 3.51. The van der Waals surface area contributed by atoms with Crippen molar-refractivity contribution in [1.82, 2.24) is 10.2 Å². The lowest BCUT2D eigenvalue weighted by molar-refractivity contribution is 0.282. The summed E-state index contributed by atoms with van der Waals surface area (Å²) in [4.78, 5) is 2.28. The molecule has 1 aromatic carbocycles. The van der Waals surface area contributed by atoms with Gasteiger partial charge in [-0.25, -0.2) is 0 Å². The summed E-state index contributed by atoms with van der Waals surface area (Å²) in [5.74, 6) is 0. The van der Waals surface area contributed by atoms with Gasteiger partial charge in [-0.15, -0.1) is 0 Å². The van der Waals surface area contributed by atoms with Crippen molar-refractivity contribution in [3.8, 4) is 0 Å². The van der Waals surface area contributed by atoms with E-state index in [0.29, 0.717) is 12.1 Å². The first-order valence-electron chi connectivity index (χ1n) is 5.97. The van der Waals surface area contributed by atoms with Crippen LogP contribution in [0.4, 0.5) is 0 Å². The standard InChI is InChI=1S/C14H24N2/c1-11(2)15-10-14(16(4)5)13-9-7-6-8-12(13)3/h6-9,11,14-15H,10H2,1-5H3. The zero-order valence-corrected chi connectivity index (χ0v) is 11.1. The highest BCUT2D eigenvalue weighted by Crippen LogP contribution is 2.20. The zero-order chi connectivity index (χ0) is 12.1. The average Bonchev–Trinajstić information content (AvgIpc) is 2.20. The lowest BCUT2D eigenvalue weighted by atomic mass is 10.0. The second-order valence-electron chi connectivity index (χ2n) is 4.90. The molecule has 0 aliphatic carbocycles. The van der Waals surface area contributed by atoms with E-state index in [2.05, 4.69) is 69.3 Å². The van der Waals surface area contributed by atoms with Crippen LogP contribution in [-0.2, 0) is 0 Å². The minimum Gasteiger partial charge on any atom is -0.313 e. The third kappa shape index (κ3) is 3.62. The first-order chi connectivity index (χ1) is 7.52. The van der Waals surface area contributed by atoms with E-state index in [1.165, 1.54) is 11.1 Å². The summed E-state index contributed by atoms with van der Waals surface area (Å²) in [5.41, 5.74) is 2.78. The minimum atomic E-state index is 0.448. The Balaban J connectivity index is 2.82. The van der Waals surface area contributed by atoms with Gasteiger partial charge in [-0.3, -0.25) is 0 Å². The SMILES string of the molecule is Cc1ccccc1C(CNC(C)C)N(C)C. The number of likely N-dealkylation sites (N-methyl/N-ethyl adjacent to an activating group) is 1. The molecule has 0 spiro atoms. The van der Waals surface area contributed by atoms with Gasteiger partial charge in [0.25, 0.3) is 0 Å². The lowest BCUT2D eigenvalue weighted by Crippen LogP contribution is -2.34. The molecular weight excluding hydrogens is 196 g/mol. The van der Waals surface area contributed by atoms with Crippen molar-refractivity contribution in [1.29, 1.82) is 0 Å². The Morgan fingerprint density at radius 1 is 1.19 bits per heavy atom. The summed E-state index contributed by atoms with van der Waals surface area (Å²) in [5, 5.41) is 3.51. The van der Waals surface area contributed by atoms with Crippen LogP contribution in [0.1, 0.15) is 31.0 Å². The number of rotatable bonds is 5. The summed E-state index contributed by atoms with van der Waals surface area (Å²) < 4.78 is 0. The van der Waals surface area contributed by atoms with Gasteiger partial charge >= 0.3 is 0 Å². The average molecular weight is 220 g/mol. The Bertz CT molecular complexity index is 318. The molecule has 0 radical (unpaired) electrons. The fourth-order valence-electron chi connectivity index (χ4n) is 1.88. The van der Waals surface area contributed by atoms with Crippen molar-refractivity contribution >= 4 is 0 Å². The maximum Gasteiger partial charge on any atom is 0.0469 e. The van der Waals surface area contributed by atoms with Gasteiger partial charge in [0.05, 0.1) is 0 Å². The van der Waals surface area contributed by atoms with Crippen LogP contribution in [0.5, 0.6) is 0 Å². The molecule has 0 saturated carbocycles. The molecule has 90 valence electrons. The molecule has 2 nitrogen and oxygen atoms in total. The molecule has 1 atom stereocenters. The van der Waals surface area contributed by atoms with E-state index >= 15 is 0 Å². The summed E-state index contributed by atoms with van der Waals surface area (Å²) in [6, 6.07) is 9.61. The molecule has 0 heterocycles. The van der Waals surface area contributed by atoms with Crippen molar-refractivity contribution in [3.63, 3.8) is 0 Å². The quantitative estimate of drug-likeness (QED) is 0.820. The molecular formula is C14H24N2. The monoisotopic (exact) mass is 220 g/mol. The first-order valence-corrected chi connectivity index (χ1v) is 5.97. The predicted octanol–water partition coefficient (Wildman–Crippen LogP) is 2.60. The van der Waals surface area contributed by atoms with E-state index in [1.54, 1.807) is 0 Å². The van der Waals surface area contributed by atoms with Crippen molar-refractivity contribution in [3.05, 3.63) is 35.4 Å². The van der Waals surface area contributed by atoms with Crippen LogP contribution in [0.25, 0.3) is 0 Å². The molecule has 1 aromatic rings.